The van der Waals surface area contributed by atoms with Gasteiger partial charge in [-0.05, 0) is 27.8 Å². The average molecular weight is 143 g/mol. The molecular formula is C8H17NO. The summed E-state index contributed by atoms with van der Waals surface area (Å²) in [6.45, 7) is 8.50. The Bertz CT molecular complexity index is 116. The molecule has 0 N–H and O–H groups in total. The zero-order valence-electron chi connectivity index (χ0n) is 7.35. The van der Waals surface area contributed by atoms with E-state index in [1.54, 1.807) is 0 Å². The molecule has 0 aliphatic carbocycles. The maximum atomic E-state index is 5.70. The molecule has 1 aliphatic rings. The second kappa shape index (κ2) is 2.51. The van der Waals surface area contributed by atoms with Gasteiger partial charge in [-0.15, -0.1) is 0 Å². The lowest BCUT2D eigenvalue weighted by Gasteiger charge is -2.46. The molecule has 60 valence electrons. The van der Waals surface area contributed by atoms with Gasteiger partial charge in [0.25, 0.3) is 0 Å². The van der Waals surface area contributed by atoms with E-state index in [-0.39, 0.29) is 5.60 Å². The van der Waals surface area contributed by atoms with Gasteiger partial charge in [0, 0.05) is 13.1 Å². The maximum Gasteiger partial charge on any atom is 0.0910 e. The molecule has 0 aromatic rings. The molecule has 1 saturated heterocycles. The molecule has 2 heteroatoms. The smallest absolute Gasteiger partial charge is 0.0910 e. The van der Waals surface area contributed by atoms with Gasteiger partial charge in [-0.3, -0.25) is 0 Å². The van der Waals surface area contributed by atoms with Gasteiger partial charge in [0.1, 0.15) is 0 Å². The van der Waals surface area contributed by atoms with Crippen molar-refractivity contribution in [1.82, 2.24) is 4.90 Å². The summed E-state index contributed by atoms with van der Waals surface area (Å²) in [5.41, 5.74) is 0.142. The number of ether oxygens (including phenoxy) is 1. The Morgan fingerprint density at radius 1 is 1.40 bits per heavy atom. The van der Waals surface area contributed by atoms with Crippen molar-refractivity contribution in [2.75, 3.05) is 20.1 Å². The van der Waals surface area contributed by atoms with Crippen molar-refractivity contribution in [2.24, 2.45) is 0 Å². The highest BCUT2D eigenvalue weighted by Gasteiger charge is 2.37. The minimum atomic E-state index is 0.142. The van der Waals surface area contributed by atoms with Gasteiger partial charge in [-0.25, -0.2) is 0 Å². The van der Waals surface area contributed by atoms with Crippen LogP contribution in [-0.4, -0.2) is 36.7 Å². The Morgan fingerprint density at radius 2 is 1.90 bits per heavy atom. The van der Waals surface area contributed by atoms with Crippen molar-refractivity contribution >= 4 is 0 Å². The highest BCUT2D eigenvalue weighted by atomic mass is 16.5. The minimum Gasteiger partial charge on any atom is -0.370 e. The molecule has 0 unspecified atom stereocenters. The summed E-state index contributed by atoms with van der Waals surface area (Å²) in [7, 11) is 2.12. The average Bonchev–Trinajstić information content (AvgIpc) is 1.57. The van der Waals surface area contributed by atoms with Crippen LogP contribution in [0.2, 0.25) is 0 Å². The van der Waals surface area contributed by atoms with E-state index in [1.807, 2.05) is 0 Å². The fourth-order valence-electron chi connectivity index (χ4n) is 1.74. The van der Waals surface area contributed by atoms with Gasteiger partial charge in [0.15, 0.2) is 0 Å². The lowest BCUT2D eigenvalue weighted by Crippen LogP contribution is -2.60. The molecule has 0 atom stereocenters. The summed E-state index contributed by atoms with van der Waals surface area (Å²) in [6.07, 6.45) is 0.360. The Morgan fingerprint density at radius 3 is 2.20 bits per heavy atom. The standard InChI is InChI=1S/C8H17NO/c1-7(2)10-8(3)5-9(4)6-8/h7H,5-6H2,1-4H3. The first-order valence-corrected chi connectivity index (χ1v) is 3.88. The van der Waals surface area contributed by atoms with Gasteiger partial charge in [0.2, 0.25) is 0 Å². The van der Waals surface area contributed by atoms with Gasteiger partial charge < -0.3 is 9.64 Å². The van der Waals surface area contributed by atoms with Crippen LogP contribution >= 0.6 is 0 Å². The quantitative estimate of drug-likeness (QED) is 0.574. The first-order valence-electron chi connectivity index (χ1n) is 3.88. The molecule has 0 bridgehead atoms. The van der Waals surface area contributed by atoms with Gasteiger partial charge in [-0.1, -0.05) is 0 Å². The molecule has 1 fully saturated rings. The molecule has 0 aromatic carbocycles. The van der Waals surface area contributed by atoms with E-state index >= 15 is 0 Å². The van der Waals surface area contributed by atoms with Crippen LogP contribution in [-0.2, 0) is 4.74 Å². The number of likely N-dealkylation sites (tertiary alicyclic amines) is 1. The molecule has 0 amide bonds. The molecule has 1 heterocycles. The zero-order valence-corrected chi connectivity index (χ0v) is 7.35. The lowest BCUT2D eigenvalue weighted by molar-refractivity contribution is -0.146. The van der Waals surface area contributed by atoms with E-state index in [0.29, 0.717) is 6.10 Å². The number of nitrogens with zero attached hydrogens (tertiary/aromatic N) is 1. The zero-order chi connectivity index (χ0) is 7.78. The summed E-state index contributed by atoms with van der Waals surface area (Å²) in [6, 6.07) is 0. The number of likely N-dealkylation sites (N-methyl/N-ethyl adjacent to an activating group) is 1. The molecule has 10 heavy (non-hydrogen) atoms. The fraction of sp³-hybridized carbons (Fsp3) is 1.00. The Kier molecular flexibility index (Phi) is 2.02. The van der Waals surface area contributed by atoms with Crippen LogP contribution in [0, 0.1) is 0 Å². The van der Waals surface area contributed by atoms with Crippen molar-refractivity contribution in [3.05, 3.63) is 0 Å². The SMILES string of the molecule is CC(C)OC1(C)CN(C)C1. The molecule has 0 saturated carbocycles. The third kappa shape index (κ3) is 1.70. The first kappa shape index (κ1) is 8.02. The van der Waals surface area contributed by atoms with Crippen molar-refractivity contribution in [1.29, 1.82) is 0 Å². The predicted octanol–water partition coefficient (Wildman–Crippen LogP) is 1.12. The second-order valence-electron chi connectivity index (χ2n) is 3.79. The summed E-state index contributed by atoms with van der Waals surface area (Å²) in [5, 5.41) is 0. The number of rotatable bonds is 2. The van der Waals surface area contributed by atoms with Crippen LogP contribution in [0.5, 0.6) is 0 Å². The topological polar surface area (TPSA) is 12.5 Å². The second-order valence-corrected chi connectivity index (χ2v) is 3.79. The minimum absolute atomic E-state index is 0.142. The molecule has 0 aromatic heterocycles. The molecule has 1 aliphatic heterocycles. The van der Waals surface area contributed by atoms with Crippen LogP contribution in [0.25, 0.3) is 0 Å². The largest absolute Gasteiger partial charge is 0.370 e. The van der Waals surface area contributed by atoms with E-state index in [0.717, 1.165) is 13.1 Å². The molecule has 1 rings (SSSR count). The highest BCUT2D eigenvalue weighted by Crippen LogP contribution is 2.23. The molecule has 2 nitrogen and oxygen atoms in total. The first-order chi connectivity index (χ1) is 4.52. The Labute approximate surface area is 63.2 Å². The van der Waals surface area contributed by atoms with E-state index in [1.165, 1.54) is 0 Å². The van der Waals surface area contributed by atoms with E-state index in [2.05, 4.69) is 32.7 Å². The Balaban J connectivity index is 2.27. The third-order valence-corrected chi connectivity index (χ3v) is 1.73. The van der Waals surface area contributed by atoms with Crippen LogP contribution in [0.3, 0.4) is 0 Å². The monoisotopic (exact) mass is 143 g/mol. The summed E-state index contributed by atoms with van der Waals surface area (Å²) in [5.74, 6) is 0. The lowest BCUT2D eigenvalue weighted by atomic mass is 9.97. The van der Waals surface area contributed by atoms with Crippen LogP contribution in [0.4, 0.5) is 0 Å². The van der Waals surface area contributed by atoms with Crippen molar-refractivity contribution < 1.29 is 4.74 Å². The third-order valence-electron chi connectivity index (χ3n) is 1.73. The van der Waals surface area contributed by atoms with Crippen LogP contribution < -0.4 is 0 Å². The van der Waals surface area contributed by atoms with E-state index in [4.69, 9.17) is 4.74 Å². The molecule has 0 spiro atoms. The van der Waals surface area contributed by atoms with Gasteiger partial charge >= 0.3 is 0 Å². The fourth-order valence-corrected chi connectivity index (χ4v) is 1.74. The van der Waals surface area contributed by atoms with Crippen LogP contribution in [0.1, 0.15) is 20.8 Å². The normalized spacial score (nSPS) is 24.9. The summed E-state index contributed by atoms with van der Waals surface area (Å²) in [4.78, 5) is 2.27. The maximum absolute atomic E-state index is 5.70. The summed E-state index contributed by atoms with van der Waals surface area (Å²) < 4.78 is 5.70. The number of hydrogen-bond donors (Lipinski definition) is 0. The van der Waals surface area contributed by atoms with Crippen molar-refractivity contribution in [2.45, 2.75) is 32.5 Å². The van der Waals surface area contributed by atoms with Gasteiger partial charge in [0.05, 0.1) is 11.7 Å². The predicted molar refractivity (Wildman–Crippen MR) is 42.1 cm³/mol. The molecular weight excluding hydrogens is 126 g/mol. The highest BCUT2D eigenvalue weighted by molar-refractivity contribution is 4.91. The number of hydrogen-bond acceptors (Lipinski definition) is 2. The molecule has 0 radical (unpaired) electrons. The Hall–Kier alpha value is -0.0800. The van der Waals surface area contributed by atoms with Crippen molar-refractivity contribution in [3.63, 3.8) is 0 Å². The van der Waals surface area contributed by atoms with Crippen molar-refractivity contribution in [3.8, 4) is 0 Å². The van der Waals surface area contributed by atoms with Crippen LogP contribution in [0.15, 0.2) is 0 Å². The van der Waals surface area contributed by atoms with Gasteiger partial charge in [-0.2, -0.15) is 0 Å². The van der Waals surface area contributed by atoms with E-state index in [9.17, 15) is 0 Å². The summed E-state index contributed by atoms with van der Waals surface area (Å²) >= 11 is 0. The van der Waals surface area contributed by atoms with E-state index < -0.39 is 0 Å².